The number of hydrogen-bond donors (Lipinski definition) is 2. The number of carbonyl (C=O) groups excluding carboxylic acids is 1. The normalized spacial score (nSPS) is 10.4. The van der Waals surface area contributed by atoms with Crippen molar-refractivity contribution in [1.82, 2.24) is 9.97 Å². The van der Waals surface area contributed by atoms with Gasteiger partial charge in [-0.05, 0) is 41.4 Å². The number of nitrogens with one attached hydrogen (secondary N) is 1. The quantitative estimate of drug-likeness (QED) is 0.489. The van der Waals surface area contributed by atoms with Crippen molar-refractivity contribution >= 4 is 34.9 Å². The highest BCUT2D eigenvalue weighted by Crippen LogP contribution is 2.21. The van der Waals surface area contributed by atoms with E-state index in [1.807, 2.05) is 0 Å². The van der Waals surface area contributed by atoms with Gasteiger partial charge in [-0.2, -0.15) is 4.98 Å². The summed E-state index contributed by atoms with van der Waals surface area (Å²) in [4.78, 5) is 31.3. The van der Waals surface area contributed by atoms with E-state index in [1.54, 1.807) is 36.4 Å². The molecular weight excluding hydrogens is 373 g/mol. The highest BCUT2D eigenvalue weighted by Gasteiger charge is 2.14. The monoisotopic (exact) mass is 385 g/mol. The topological polar surface area (TPSA) is 92.2 Å². The first kappa shape index (κ1) is 18.5. The third kappa shape index (κ3) is 4.65. The highest BCUT2D eigenvalue weighted by molar-refractivity contribution is 6.28. The van der Waals surface area contributed by atoms with Crippen LogP contribution >= 0.6 is 11.6 Å². The van der Waals surface area contributed by atoms with E-state index in [0.29, 0.717) is 16.8 Å². The molecule has 27 heavy (non-hydrogen) atoms. The lowest BCUT2D eigenvalue weighted by molar-refractivity contribution is 0.0697. The molecular formula is C19H13ClFN3O3. The molecule has 0 saturated carbocycles. The van der Waals surface area contributed by atoms with Gasteiger partial charge >= 0.3 is 5.97 Å². The Labute approximate surface area is 158 Å². The van der Waals surface area contributed by atoms with Crippen molar-refractivity contribution in [3.63, 3.8) is 0 Å². The van der Waals surface area contributed by atoms with Gasteiger partial charge in [-0.15, -0.1) is 0 Å². The summed E-state index contributed by atoms with van der Waals surface area (Å²) in [5, 5.41) is 11.9. The molecule has 3 aromatic rings. The van der Waals surface area contributed by atoms with Crippen molar-refractivity contribution < 1.29 is 19.1 Å². The summed E-state index contributed by atoms with van der Waals surface area (Å²) in [5.41, 5.74) is 1.25. The second-order valence-electron chi connectivity index (χ2n) is 5.64. The van der Waals surface area contributed by atoms with Crippen LogP contribution in [-0.2, 0) is 6.42 Å². The minimum Gasteiger partial charge on any atom is -0.477 e. The number of hydrogen-bond acceptors (Lipinski definition) is 5. The minimum atomic E-state index is -1.22. The predicted octanol–water partition coefficient (Wildman–Crippen LogP) is 4.14. The van der Waals surface area contributed by atoms with Crippen LogP contribution in [0.2, 0.25) is 5.28 Å². The molecule has 1 aromatic heterocycles. The largest absolute Gasteiger partial charge is 0.477 e. The number of Topliss-reactive ketones (excluding diaryl/α,β-unsaturated/α-hetero) is 1. The molecule has 2 aromatic carbocycles. The Morgan fingerprint density at radius 1 is 1.15 bits per heavy atom. The number of benzene rings is 2. The molecule has 0 atom stereocenters. The fraction of sp³-hybridized carbons (Fsp3) is 0.0526. The number of nitrogens with zero attached hydrogens (tertiary/aromatic N) is 2. The fourth-order valence-corrected chi connectivity index (χ4v) is 2.59. The van der Waals surface area contributed by atoms with Crippen molar-refractivity contribution in [1.29, 1.82) is 0 Å². The molecule has 0 fully saturated rings. The lowest BCUT2D eigenvalue weighted by Crippen LogP contribution is -2.07. The van der Waals surface area contributed by atoms with Gasteiger partial charge in [0.25, 0.3) is 0 Å². The number of rotatable bonds is 6. The minimum absolute atomic E-state index is 0.0113. The Morgan fingerprint density at radius 3 is 2.67 bits per heavy atom. The number of halogens is 2. The van der Waals surface area contributed by atoms with Crippen LogP contribution in [0.15, 0.2) is 54.7 Å². The van der Waals surface area contributed by atoms with Crippen molar-refractivity contribution in [2.75, 3.05) is 5.32 Å². The lowest BCUT2D eigenvalue weighted by Gasteiger charge is -2.10. The molecule has 8 heteroatoms. The molecule has 0 spiro atoms. The Morgan fingerprint density at radius 2 is 1.93 bits per heavy atom. The standard InChI is InChI=1S/C19H13ClFN3O3/c20-19-22-10-15(18(26)27)17(24-19)23-14-6-2-4-12(9-14)16(25)8-11-3-1-5-13(21)7-11/h1-7,9-10H,8H2,(H,26,27)(H,22,23,24). The molecule has 0 bridgehead atoms. The Balaban J connectivity index is 1.83. The van der Waals surface area contributed by atoms with Gasteiger partial charge in [-0.1, -0.05) is 24.3 Å². The maximum atomic E-state index is 13.3. The number of carboxylic acids is 1. The van der Waals surface area contributed by atoms with Crippen molar-refractivity contribution in [2.45, 2.75) is 6.42 Å². The Kier molecular flexibility index (Phi) is 5.42. The van der Waals surface area contributed by atoms with Gasteiger partial charge in [0, 0.05) is 23.9 Å². The summed E-state index contributed by atoms with van der Waals surface area (Å²) in [6.07, 6.45) is 1.14. The number of ketones is 1. The zero-order valence-electron chi connectivity index (χ0n) is 13.8. The molecule has 0 aliphatic heterocycles. The second kappa shape index (κ2) is 7.92. The van der Waals surface area contributed by atoms with E-state index in [4.69, 9.17) is 11.6 Å². The average Bonchev–Trinajstić information content (AvgIpc) is 2.62. The van der Waals surface area contributed by atoms with Gasteiger partial charge in [0.1, 0.15) is 17.2 Å². The first-order valence-electron chi connectivity index (χ1n) is 7.83. The van der Waals surface area contributed by atoms with Crippen LogP contribution in [0.5, 0.6) is 0 Å². The molecule has 2 N–H and O–H groups in total. The molecule has 0 radical (unpaired) electrons. The summed E-state index contributed by atoms with van der Waals surface area (Å²) >= 11 is 5.73. The first-order chi connectivity index (χ1) is 12.9. The third-order valence-electron chi connectivity index (χ3n) is 3.69. The molecule has 0 saturated heterocycles. The van der Waals surface area contributed by atoms with Crippen LogP contribution in [0.1, 0.15) is 26.3 Å². The van der Waals surface area contributed by atoms with E-state index in [2.05, 4.69) is 15.3 Å². The van der Waals surface area contributed by atoms with Gasteiger partial charge < -0.3 is 10.4 Å². The number of carbonyl (C=O) groups is 2. The number of carboxylic acid groups (broad SMARTS) is 1. The van der Waals surface area contributed by atoms with Crippen LogP contribution < -0.4 is 5.32 Å². The van der Waals surface area contributed by atoms with Crippen LogP contribution in [0.3, 0.4) is 0 Å². The Hall–Kier alpha value is -3.32. The smallest absolute Gasteiger partial charge is 0.341 e. The van der Waals surface area contributed by atoms with Crippen LogP contribution in [0, 0.1) is 5.82 Å². The van der Waals surface area contributed by atoms with E-state index >= 15 is 0 Å². The first-order valence-corrected chi connectivity index (χ1v) is 8.21. The van der Waals surface area contributed by atoms with Crippen LogP contribution in [-0.4, -0.2) is 26.8 Å². The second-order valence-corrected chi connectivity index (χ2v) is 5.98. The molecule has 3 rings (SSSR count). The fourth-order valence-electron chi connectivity index (χ4n) is 2.45. The Bertz CT molecular complexity index is 1030. The average molecular weight is 386 g/mol. The van der Waals surface area contributed by atoms with Crippen molar-refractivity contribution in [3.8, 4) is 0 Å². The lowest BCUT2D eigenvalue weighted by atomic mass is 10.0. The van der Waals surface area contributed by atoms with Crippen molar-refractivity contribution in [2.24, 2.45) is 0 Å². The third-order valence-corrected chi connectivity index (χ3v) is 3.87. The van der Waals surface area contributed by atoms with E-state index in [9.17, 15) is 19.1 Å². The molecule has 0 unspecified atom stereocenters. The SMILES string of the molecule is O=C(Cc1cccc(F)c1)c1cccc(Nc2nc(Cl)ncc2C(=O)O)c1. The predicted molar refractivity (Wildman–Crippen MR) is 98.2 cm³/mol. The zero-order chi connectivity index (χ0) is 19.4. The van der Waals surface area contributed by atoms with E-state index < -0.39 is 11.8 Å². The van der Waals surface area contributed by atoms with E-state index in [-0.39, 0.29) is 28.9 Å². The summed E-state index contributed by atoms with van der Waals surface area (Å²) in [6.45, 7) is 0. The van der Waals surface area contributed by atoms with Gasteiger partial charge in [0.15, 0.2) is 5.78 Å². The summed E-state index contributed by atoms with van der Waals surface area (Å²) < 4.78 is 13.3. The number of aromatic carboxylic acids is 1. The maximum absolute atomic E-state index is 13.3. The van der Waals surface area contributed by atoms with E-state index in [1.165, 1.54) is 12.1 Å². The van der Waals surface area contributed by atoms with Crippen molar-refractivity contribution in [3.05, 3.63) is 82.5 Å². The summed E-state index contributed by atoms with van der Waals surface area (Å²) in [6, 6.07) is 12.3. The molecule has 136 valence electrons. The molecule has 0 amide bonds. The number of aromatic nitrogens is 2. The van der Waals surface area contributed by atoms with Crippen LogP contribution in [0.4, 0.5) is 15.9 Å². The molecule has 0 aliphatic carbocycles. The summed E-state index contributed by atoms with van der Waals surface area (Å²) in [5.74, 6) is -1.81. The molecule has 1 heterocycles. The molecule has 6 nitrogen and oxygen atoms in total. The van der Waals surface area contributed by atoms with Gasteiger partial charge in [-0.3, -0.25) is 4.79 Å². The molecule has 0 aliphatic rings. The van der Waals surface area contributed by atoms with Gasteiger partial charge in [-0.25, -0.2) is 14.2 Å². The van der Waals surface area contributed by atoms with Crippen LogP contribution in [0.25, 0.3) is 0 Å². The number of anilines is 2. The highest BCUT2D eigenvalue weighted by atomic mass is 35.5. The van der Waals surface area contributed by atoms with Gasteiger partial charge in [0.2, 0.25) is 5.28 Å². The zero-order valence-corrected chi connectivity index (χ0v) is 14.6. The van der Waals surface area contributed by atoms with E-state index in [0.717, 1.165) is 6.20 Å². The van der Waals surface area contributed by atoms with Gasteiger partial charge in [0.05, 0.1) is 0 Å². The maximum Gasteiger partial charge on any atom is 0.341 e. The summed E-state index contributed by atoms with van der Waals surface area (Å²) in [7, 11) is 0.